The third kappa shape index (κ3) is 22.9. The van der Waals surface area contributed by atoms with Gasteiger partial charge < -0.3 is 23.7 Å². The van der Waals surface area contributed by atoms with Crippen LogP contribution in [0.25, 0.3) is 0 Å². The molecule has 3 aromatic rings. The molecule has 8 heteroatoms. The molecule has 3 rings (SSSR count). The lowest BCUT2D eigenvalue weighted by atomic mass is 10.0. The molecule has 0 spiro atoms. The highest BCUT2D eigenvalue weighted by atomic mass is 16.5. The number of carbonyl (C=O) groups is 3. The molecule has 0 aromatic heterocycles. The fourth-order valence-corrected chi connectivity index (χ4v) is 5.39. The van der Waals surface area contributed by atoms with E-state index in [-0.39, 0.29) is 17.9 Å². The number of esters is 3. The van der Waals surface area contributed by atoms with E-state index in [1.807, 2.05) is 60.7 Å². The highest BCUT2D eigenvalue weighted by molar-refractivity contribution is 5.90. The van der Waals surface area contributed by atoms with Crippen molar-refractivity contribution in [3.05, 3.63) is 106 Å². The van der Waals surface area contributed by atoms with Crippen molar-refractivity contribution in [1.29, 1.82) is 0 Å². The Bertz CT molecular complexity index is 1200. The van der Waals surface area contributed by atoms with E-state index >= 15 is 0 Å². The Hall–Kier alpha value is -4.01. The molecule has 0 amide bonds. The summed E-state index contributed by atoms with van der Waals surface area (Å²) in [6.45, 7) is 9.87. The molecule has 0 saturated carbocycles. The van der Waals surface area contributed by atoms with Crippen LogP contribution in [0, 0.1) is 0 Å². The van der Waals surface area contributed by atoms with E-state index < -0.39 is 0 Å². The van der Waals surface area contributed by atoms with Gasteiger partial charge >= 0.3 is 17.9 Å². The first-order chi connectivity index (χ1) is 26.3. The van der Waals surface area contributed by atoms with E-state index in [4.69, 9.17) is 9.47 Å². The third-order valence-electron chi connectivity index (χ3n) is 8.69. The average Bonchev–Trinajstić information content (AvgIpc) is 3.22. The van der Waals surface area contributed by atoms with Gasteiger partial charge in [-0.15, -0.1) is 0 Å². The summed E-state index contributed by atoms with van der Waals surface area (Å²) in [4.78, 5) is 33.8. The molecule has 0 fully saturated rings. The Balaban J connectivity index is 0.000000405. The first kappa shape index (κ1) is 48.0. The molecule has 300 valence electrons. The summed E-state index contributed by atoms with van der Waals surface area (Å²) in [5.74, 6) is -0.833. The van der Waals surface area contributed by atoms with Crippen LogP contribution in [-0.4, -0.2) is 65.7 Å². The minimum Gasteiger partial charge on any atom is -0.465 e. The van der Waals surface area contributed by atoms with E-state index in [1.54, 1.807) is 12.1 Å². The molecule has 0 N–H and O–H groups in total. The molecule has 0 unspecified atom stereocenters. The second kappa shape index (κ2) is 32.4. The fourth-order valence-electron chi connectivity index (χ4n) is 5.39. The van der Waals surface area contributed by atoms with Gasteiger partial charge in [0.2, 0.25) is 0 Å². The topological polar surface area (TPSA) is 97.4 Å². The molecule has 0 heterocycles. The van der Waals surface area contributed by atoms with Crippen molar-refractivity contribution >= 4 is 17.9 Å². The van der Waals surface area contributed by atoms with Crippen LogP contribution in [0.15, 0.2) is 72.8 Å². The summed E-state index contributed by atoms with van der Waals surface area (Å²) >= 11 is 0. The molecule has 0 atom stereocenters. The first-order valence-corrected chi connectivity index (χ1v) is 20.0. The number of rotatable bonds is 24. The smallest absolute Gasteiger partial charge is 0.337 e. The van der Waals surface area contributed by atoms with Gasteiger partial charge in [-0.25, -0.2) is 14.4 Å². The second-order valence-electron chi connectivity index (χ2n) is 13.2. The van der Waals surface area contributed by atoms with Gasteiger partial charge in [0.25, 0.3) is 0 Å². The maximum absolute atomic E-state index is 11.3. The van der Waals surface area contributed by atoms with Crippen LogP contribution in [0.4, 0.5) is 0 Å². The Morgan fingerprint density at radius 2 is 0.704 bits per heavy atom. The molecule has 0 aliphatic rings. The Labute approximate surface area is 326 Å². The zero-order valence-corrected chi connectivity index (χ0v) is 34.1. The maximum Gasteiger partial charge on any atom is 0.337 e. The molecule has 0 saturated heterocycles. The van der Waals surface area contributed by atoms with Gasteiger partial charge in [0.15, 0.2) is 0 Å². The van der Waals surface area contributed by atoms with Crippen LogP contribution in [0.3, 0.4) is 0 Å². The summed E-state index contributed by atoms with van der Waals surface area (Å²) in [7, 11) is 4.20. The van der Waals surface area contributed by atoms with Crippen molar-refractivity contribution in [3.63, 3.8) is 0 Å². The molecule has 0 radical (unpaired) electrons. The monoisotopic (exact) mass is 748 g/mol. The second-order valence-corrected chi connectivity index (χ2v) is 13.2. The zero-order chi connectivity index (χ0) is 39.7. The molecular weight excluding hydrogens is 680 g/mol. The standard InChI is InChI=1S/C16H24O2.2C15H22O3/c1-3-4-5-6-7-8-9-14-10-12-15(13-11-14)16(17)18-2;1-3-11-18-12-5-4-6-13-7-9-14(10-8-13)15(16)17-2;1-3-4-11-18-12-5-6-13-7-9-14(10-8-13)15(16)17-2/h10-13H,3-9H2,1-2H3;2*7-10H,3-6,11-12H2,1-2H3. The zero-order valence-electron chi connectivity index (χ0n) is 34.1. The van der Waals surface area contributed by atoms with Gasteiger partial charge in [0.1, 0.15) is 0 Å². The molecule has 0 bridgehead atoms. The molecule has 54 heavy (non-hydrogen) atoms. The predicted molar refractivity (Wildman–Crippen MR) is 219 cm³/mol. The van der Waals surface area contributed by atoms with E-state index in [9.17, 15) is 14.4 Å². The van der Waals surface area contributed by atoms with Crippen LogP contribution in [0.2, 0.25) is 0 Å². The quantitative estimate of drug-likeness (QED) is 0.0507. The van der Waals surface area contributed by atoms with Crippen molar-refractivity contribution in [1.82, 2.24) is 0 Å². The molecule has 0 aliphatic carbocycles. The predicted octanol–water partition coefficient (Wildman–Crippen LogP) is 10.8. The Morgan fingerprint density at radius 3 is 1.11 bits per heavy atom. The number of aryl methyl sites for hydroxylation is 3. The lowest BCUT2D eigenvalue weighted by Crippen LogP contribution is -2.01. The van der Waals surface area contributed by atoms with Crippen LogP contribution in [0.1, 0.15) is 146 Å². The van der Waals surface area contributed by atoms with Crippen molar-refractivity contribution in [3.8, 4) is 0 Å². The van der Waals surface area contributed by atoms with Gasteiger partial charge in [0, 0.05) is 26.4 Å². The van der Waals surface area contributed by atoms with Crippen molar-refractivity contribution in [2.45, 2.75) is 117 Å². The van der Waals surface area contributed by atoms with E-state index in [1.165, 1.54) is 83.0 Å². The van der Waals surface area contributed by atoms with Crippen molar-refractivity contribution < 1.29 is 38.1 Å². The van der Waals surface area contributed by atoms with Gasteiger partial charge in [-0.05, 0) is 111 Å². The third-order valence-corrected chi connectivity index (χ3v) is 8.69. The summed E-state index contributed by atoms with van der Waals surface area (Å²) in [5, 5.41) is 0. The molecule has 0 aliphatic heterocycles. The van der Waals surface area contributed by atoms with Gasteiger partial charge in [0.05, 0.1) is 38.0 Å². The number of hydrogen-bond donors (Lipinski definition) is 0. The van der Waals surface area contributed by atoms with E-state index in [0.29, 0.717) is 16.7 Å². The maximum atomic E-state index is 11.3. The lowest BCUT2D eigenvalue weighted by molar-refractivity contribution is 0.0592. The Morgan fingerprint density at radius 1 is 0.370 bits per heavy atom. The number of hydrogen-bond acceptors (Lipinski definition) is 8. The minimum atomic E-state index is -0.288. The molecule has 3 aromatic carbocycles. The van der Waals surface area contributed by atoms with E-state index in [2.05, 4.69) is 35.0 Å². The van der Waals surface area contributed by atoms with Gasteiger partial charge in [-0.2, -0.15) is 0 Å². The summed E-state index contributed by atoms with van der Waals surface area (Å²) in [6, 6.07) is 22.9. The van der Waals surface area contributed by atoms with Crippen molar-refractivity contribution in [2.75, 3.05) is 47.8 Å². The molecule has 8 nitrogen and oxygen atoms in total. The van der Waals surface area contributed by atoms with Crippen molar-refractivity contribution in [2.24, 2.45) is 0 Å². The average molecular weight is 749 g/mol. The van der Waals surface area contributed by atoms with Gasteiger partial charge in [-0.3, -0.25) is 0 Å². The summed E-state index contributed by atoms with van der Waals surface area (Å²) in [5.41, 5.74) is 5.61. The fraction of sp³-hybridized carbons (Fsp3) is 0.543. The number of ether oxygens (including phenoxy) is 5. The number of benzene rings is 3. The molecular formula is C46H68O8. The summed E-state index contributed by atoms with van der Waals surface area (Å²) < 4.78 is 24.9. The number of methoxy groups -OCH3 is 3. The largest absolute Gasteiger partial charge is 0.465 e. The lowest BCUT2D eigenvalue weighted by Gasteiger charge is -2.04. The van der Waals surface area contributed by atoms with Crippen LogP contribution < -0.4 is 0 Å². The number of unbranched alkanes of at least 4 members (excludes halogenated alkanes) is 7. The van der Waals surface area contributed by atoms with Crippen LogP contribution in [0.5, 0.6) is 0 Å². The van der Waals surface area contributed by atoms with Crippen LogP contribution in [-0.2, 0) is 42.9 Å². The highest BCUT2D eigenvalue weighted by Crippen LogP contribution is 2.13. The Kier molecular flexibility index (Phi) is 28.8. The van der Waals surface area contributed by atoms with E-state index in [0.717, 1.165) is 77.8 Å². The van der Waals surface area contributed by atoms with Crippen LogP contribution >= 0.6 is 0 Å². The van der Waals surface area contributed by atoms with Gasteiger partial charge in [-0.1, -0.05) is 95.7 Å². The minimum absolute atomic E-state index is 0.263. The first-order valence-electron chi connectivity index (χ1n) is 20.0. The number of carbonyl (C=O) groups excluding carboxylic acids is 3. The normalized spacial score (nSPS) is 10.3. The summed E-state index contributed by atoms with van der Waals surface area (Å²) in [6.07, 6.45) is 17.6. The SMILES string of the molecule is CCCCCCCCc1ccc(C(=O)OC)cc1.CCCCOCCCc1ccc(C(=O)OC)cc1.CCCOCCCCc1ccc(C(=O)OC)cc1. The highest BCUT2D eigenvalue weighted by Gasteiger charge is 2.06.